The van der Waals surface area contributed by atoms with Crippen molar-refractivity contribution in [3.05, 3.63) is 0 Å². The first-order valence-electron chi connectivity index (χ1n) is 4.28. The van der Waals surface area contributed by atoms with E-state index in [-0.39, 0.29) is 5.75 Å². The first-order chi connectivity index (χ1) is 5.99. The van der Waals surface area contributed by atoms with Crippen LogP contribution in [0.15, 0.2) is 0 Å². The fraction of sp³-hybridized carbons (Fsp3) is 0.857. The maximum Gasteiger partial charge on any atom is 0.235 e. The lowest BCUT2D eigenvalue weighted by Gasteiger charge is -2.31. The average molecular weight is 206 g/mol. The van der Waals surface area contributed by atoms with Crippen LogP contribution in [0.1, 0.15) is 19.8 Å². The van der Waals surface area contributed by atoms with Gasteiger partial charge in [0.25, 0.3) is 0 Å². The Kier molecular flexibility index (Phi) is 2.92. The molecule has 5 nitrogen and oxygen atoms in total. The minimum Gasteiger partial charge on any atom is -0.368 e. The number of likely N-dealkylation sites (N-methyl/N-ethyl adjacent to an activating group) is 1. The molecule has 1 unspecified atom stereocenters. The molecule has 0 aromatic heterocycles. The molecule has 1 aliphatic rings. The number of primary amides is 1. The highest BCUT2D eigenvalue weighted by Gasteiger charge is 2.35. The summed E-state index contributed by atoms with van der Waals surface area (Å²) in [6.45, 7) is 2.02. The molecule has 1 saturated heterocycles. The van der Waals surface area contributed by atoms with E-state index in [1.165, 1.54) is 4.31 Å². The largest absolute Gasteiger partial charge is 0.368 e. The molecule has 0 bridgehead atoms. The number of sulfonamides is 1. The number of amides is 1. The standard InChI is InChI=1S/C7H14N2O3S/c1-2-9-6(7(8)10)4-3-5-13(9,11)12/h6H,2-5H2,1H3,(H2,8,10). The first kappa shape index (κ1) is 10.5. The monoisotopic (exact) mass is 206 g/mol. The van der Waals surface area contributed by atoms with E-state index < -0.39 is 22.0 Å². The molecule has 6 heteroatoms. The van der Waals surface area contributed by atoms with Gasteiger partial charge in [-0.2, -0.15) is 4.31 Å². The predicted molar refractivity (Wildman–Crippen MR) is 48.4 cm³/mol. The summed E-state index contributed by atoms with van der Waals surface area (Å²) in [5.41, 5.74) is 5.11. The van der Waals surface area contributed by atoms with Gasteiger partial charge in [0.15, 0.2) is 0 Å². The number of hydrogen-bond donors (Lipinski definition) is 1. The van der Waals surface area contributed by atoms with Crippen molar-refractivity contribution in [3.63, 3.8) is 0 Å². The topological polar surface area (TPSA) is 80.5 Å². The third kappa shape index (κ3) is 2.00. The molecule has 1 fully saturated rings. The molecule has 0 aromatic carbocycles. The van der Waals surface area contributed by atoms with Gasteiger partial charge in [0.2, 0.25) is 15.9 Å². The Morgan fingerprint density at radius 2 is 2.23 bits per heavy atom. The van der Waals surface area contributed by atoms with Gasteiger partial charge in [-0.15, -0.1) is 0 Å². The van der Waals surface area contributed by atoms with Gasteiger partial charge in [-0.25, -0.2) is 8.42 Å². The van der Waals surface area contributed by atoms with Crippen LogP contribution in [0, 0.1) is 0 Å². The lowest BCUT2D eigenvalue weighted by atomic mass is 10.1. The van der Waals surface area contributed by atoms with Crippen molar-refractivity contribution >= 4 is 15.9 Å². The molecule has 0 aromatic rings. The van der Waals surface area contributed by atoms with Gasteiger partial charge in [0.1, 0.15) is 6.04 Å². The molecule has 1 amide bonds. The molecule has 0 saturated carbocycles. The Bertz CT molecular complexity index is 299. The van der Waals surface area contributed by atoms with E-state index in [2.05, 4.69) is 0 Å². The van der Waals surface area contributed by atoms with Crippen LogP contribution in [0.25, 0.3) is 0 Å². The molecular weight excluding hydrogens is 192 g/mol. The Morgan fingerprint density at radius 3 is 2.62 bits per heavy atom. The zero-order chi connectivity index (χ0) is 10.1. The van der Waals surface area contributed by atoms with Crippen molar-refractivity contribution in [2.75, 3.05) is 12.3 Å². The van der Waals surface area contributed by atoms with E-state index in [0.29, 0.717) is 19.4 Å². The summed E-state index contributed by atoms with van der Waals surface area (Å²) in [6, 6.07) is -0.635. The number of carbonyl (C=O) groups excluding carboxylic acids is 1. The lowest BCUT2D eigenvalue weighted by Crippen LogP contribution is -2.51. The van der Waals surface area contributed by atoms with Gasteiger partial charge in [-0.1, -0.05) is 6.92 Å². The molecule has 1 aliphatic heterocycles. The quantitative estimate of drug-likeness (QED) is 0.647. The summed E-state index contributed by atoms with van der Waals surface area (Å²) in [4.78, 5) is 10.9. The maximum absolute atomic E-state index is 11.4. The number of hydrogen-bond acceptors (Lipinski definition) is 3. The lowest BCUT2D eigenvalue weighted by molar-refractivity contribution is -0.122. The number of nitrogens with two attached hydrogens (primary N) is 1. The Hall–Kier alpha value is -0.620. The number of rotatable bonds is 2. The van der Waals surface area contributed by atoms with Gasteiger partial charge in [-0.05, 0) is 12.8 Å². The van der Waals surface area contributed by atoms with E-state index in [4.69, 9.17) is 5.73 Å². The molecule has 0 radical (unpaired) electrons. The Balaban J connectivity index is 2.93. The number of carbonyl (C=O) groups is 1. The van der Waals surface area contributed by atoms with Crippen LogP contribution in [-0.4, -0.2) is 37.0 Å². The normalized spacial score (nSPS) is 28.5. The third-order valence-corrected chi connectivity index (χ3v) is 4.26. The fourth-order valence-electron chi connectivity index (χ4n) is 1.62. The second kappa shape index (κ2) is 3.63. The summed E-state index contributed by atoms with van der Waals surface area (Å²) < 4.78 is 24.1. The van der Waals surface area contributed by atoms with Crippen molar-refractivity contribution in [2.24, 2.45) is 5.73 Å². The van der Waals surface area contributed by atoms with E-state index >= 15 is 0 Å². The van der Waals surface area contributed by atoms with Gasteiger partial charge in [-0.3, -0.25) is 4.79 Å². The average Bonchev–Trinajstić information content (AvgIpc) is 2.02. The molecule has 1 heterocycles. The van der Waals surface area contributed by atoms with Crippen LogP contribution in [-0.2, 0) is 14.8 Å². The molecule has 2 N–H and O–H groups in total. The van der Waals surface area contributed by atoms with Crippen molar-refractivity contribution in [1.82, 2.24) is 4.31 Å². The summed E-state index contributed by atoms with van der Waals surface area (Å²) in [7, 11) is -3.24. The Labute approximate surface area is 77.9 Å². The number of nitrogens with zero attached hydrogens (tertiary/aromatic N) is 1. The van der Waals surface area contributed by atoms with Gasteiger partial charge < -0.3 is 5.73 Å². The summed E-state index contributed by atoms with van der Waals surface area (Å²) in [6.07, 6.45) is 1.06. The third-order valence-electron chi connectivity index (χ3n) is 2.22. The van der Waals surface area contributed by atoms with Crippen molar-refractivity contribution in [3.8, 4) is 0 Å². The van der Waals surface area contributed by atoms with Crippen LogP contribution >= 0.6 is 0 Å². The highest BCUT2D eigenvalue weighted by Crippen LogP contribution is 2.19. The van der Waals surface area contributed by atoms with Crippen LogP contribution < -0.4 is 5.73 Å². The highest BCUT2D eigenvalue weighted by atomic mass is 32.2. The zero-order valence-corrected chi connectivity index (χ0v) is 8.38. The second-order valence-electron chi connectivity index (χ2n) is 3.08. The maximum atomic E-state index is 11.4. The van der Waals surface area contributed by atoms with Crippen LogP contribution in [0.2, 0.25) is 0 Å². The van der Waals surface area contributed by atoms with Crippen LogP contribution in [0.4, 0.5) is 0 Å². The summed E-state index contributed by atoms with van der Waals surface area (Å²) in [5.74, 6) is -0.421. The minimum atomic E-state index is -3.24. The summed E-state index contributed by atoms with van der Waals surface area (Å²) in [5, 5.41) is 0. The molecular formula is C7H14N2O3S. The van der Waals surface area contributed by atoms with Crippen molar-refractivity contribution < 1.29 is 13.2 Å². The molecule has 1 rings (SSSR count). The minimum absolute atomic E-state index is 0.130. The van der Waals surface area contributed by atoms with Crippen molar-refractivity contribution in [1.29, 1.82) is 0 Å². The first-order valence-corrected chi connectivity index (χ1v) is 5.89. The second-order valence-corrected chi connectivity index (χ2v) is 5.12. The zero-order valence-electron chi connectivity index (χ0n) is 7.56. The van der Waals surface area contributed by atoms with Crippen LogP contribution in [0.3, 0.4) is 0 Å². The van der Waals surface area contributed by atoms with E-state index in [1.807, 2.05) is 0 Å². The fourth-order valence-corrected chi connectivity index (χ4v) is 3.37. The van der Waals surface area contributed by atoms with Gasteiger partial charge in [0.05, 0.1) is 5.75 Å². The summed E-state index contributed by atoms with van der Waals surface area (Å²) >= 11 is 0. The SMILES string of the molecule is CCN1C(C(N)=O)CCCS1(=O)=O. The molecule has 76 valence electrons. The molecule has 0 aliphatic carbocycles. The van der Waals surface area contributed by atoms with E-state index in [0.717, 1.165) is 0 Å². The van der Waals surface area contributed by atoms with Crippen molar-refractivity contribution in [2.45, 2.75) is 25.8 Å². The van der Waals surface area contributed by atoms with Crippen LogP contribution in [0.5, 0.6) is 0 Å². The van der Waals surface area contributed by atoms with Gasteiger partial charge in [0, 0.05) is 6.54 Å². The van der Waals surface area contributed by atoms with E-state index in [9.17, 15) is 13.2 Å². The Morgan fingerprint density at radius 1 is 1.62 bits per heavy atom. The van der Waals surface area contributed by atoms with Gasteiger partial charge >= 0.3 is 0 Å². The molecule has 1 atom stereocenters. The highest BCUT2D eigenvalue weighted by molar-refractivity contribution is 7.89. The molecule has 0 spiro atoms. The van der Waals surface area contributed by atoms with E-state index in [1.54, 1.807) is 6.92 Å². The smallest absolute Gasteiger partial charge is 0.235 e. The molecule has 13 heavy (non-hydrogen) atoms. The predicted octanol–water partition coefficient (Wildman–Crippen LogP) is -0.714.